The monoisotopic (exact) mass is 318 g/mol. The number of nitrogens with one attached hydrogen (secondary N) is 2. The number of nitrogens with zero attached hydrogens (tertiary/aromatic N) is 3. The zero-order valence-electron chi connectivity index (χ0n) is 13.3. The molecule has 0 saturated carbocycles. The summed E-state index contributed by atoms with van der Waals surface area (Å²) in [4.78, 5) is 8.91. The van der Waals surface area contributed by atoms with Gasteiger partial charge in [0.15, 0.2) is 11.5 Å². The average molecular weight is 318 g/mol. The Bertz CT molecular complexity index is 921. The molecule has 3 aromatic rings. The first kappa shape index (κ1) is 15.5. The van der Waals surface area contributed by atoms with E-state index in [0.29, 0.717) is 28.5 Å². The summed E-state index contributed by atoms with van der Waals surface area (Å²) >= 11 is 0. The third-order valence-electron chi connectivity index (χ3n) is 3.47. The fourth-order valence-corrected chi connectivity index (χ4v) is 2.28. The molecule has 0 aliphatic heterocycles. The highest BCUT2D eigenvalue weighted by Gasteiger charge is 2.14. The van der Waals surface area contributed by atoms with Crippen LogP contribution in [0.5, 0.6) is 0 Å². The summed E-state index contributed by atoms with van der Waals surface area (Å²) in [5.41, 5.74) is 8.45. The van der Waals surface area contributed by atoms with E-state index in [9.17, 15) is 0 Å². The van der Waals surface area contributed by atoms with Crippen LogP contribution in [0.15, 0.2) is 66.9 Å². The maximum absolute atomic E-state index is 6.15. The summed E-state index contributed by atoms with van der Waals surface area (Å²) in [6.07, 6.45) is 7.38. The topological polar surface area (TPSA) is 92.5 Å². The number of nitrogen functional groups attached to an aromatic ring is 1. The second-order valence-corrected chi connectivity index (χ2v) is 5.06. The van der Waals surface area contributed by atoms with Gasteiger partial charge in [0.2, 0.25) is 0 Å². The smallest absolute Gasteiger partial charge is 0.188 e. The van der Waals surface area contributed by atoms with Crippen LogP contribution in [-0.4, -0.2) is 20.2 Å². The molecule has 0 bridgehead atoms. The number of aromatic nitrogens is 4. The molecule has 24 heavy (non-hydrogen) atoms. The van der Waals surface area contributed by atoms with Crippen molar-refractivity contribution in [3.63, 3.8) is 0 Å². The molecule has 1 aromatic carbocycles. The first-order valence-corrected chi connectivity index (χ1v) is 7.52. The predicted molar refractivity (Wildman–Crippen MR) is 98.2 cm³/mol. The molecule has 2 aromatic heterocycles. The number of allylic oxidation sites excluding steroid dienone is 4. The Morgan fingerprint density at radius 3 is 2.75 bits per heavy atom. The quantitative estimate of drug-likeness (QED) is 0.624. The summed E-state index contributed by atoms with van der Waals surface area (Å²) < 4.78 is 0. The minimum atomic E-state index is 0.373. The number of fused-ring (bicyclic) bond motifs is 1. The third kappa shape index (κ3) is 3.03. The predicted octanol–water partition coefficient (Wildman–Crippen LogP) is 3.66. The average Bonchev–Trinajstić information content (AvgIpc) is 3.02. The SMILES string of the molecule is C=C/C=C\C(=C/C)Nc1[nH]nc2nc(-c3ccccc3)nc(N)c12. The van der Waals surface area contributed by atoms with Crippen molar-refractivity contribution in [3.05, 3.63) is 66.9 Å². The molecule has 0 aliphatic carbocycles. The second kappa shape index (κ2) is 6.78. The van der Waals surface area contributed by atoms with Gasteiger partial charge in [0.25, 0.3) is 0 Å². The molecule has 120 valence electrons. The summed E-state index contributed by atoms with van der Waals surface area (Å²) in [5.74, 6) is 1.58. The van der Waals surface area contributed by atoms with Crippen LogP contribution in [0.1, 0.15) is 6.92 Å². The van der Waals surface area contributed by atoms with Crippen molar-refractivity contribution in [1.29, 1.82) is 0 Å². The van der Waals surface area contributed by atoms with Gasteiger partial charge in [0.1, 0.15) is 17.0 Å². The van der Waals surface area contributed by atoms with E-state index in [4.69, 9.17) is 5.73 Å². The van der Waals surface area contributed by atoms with E-state index in [-0.39, 0.29) is 0 Å². The lowest BCUT2D eigenvalue weighted by Gasteiger charge is -2.06. The van der Waals surface area contributed by atoms with Gasteiger partial charge in [-0.1, -0.05) is 55.1 Å². The highest BCUT2D eigenvalue weighted by molar-refractivity contribution is 5.97. The molecule has 0 radical (unpaired) electrons. The fraction of sp³-hybridized carbons (Fsp3) is 0.0556. The Balaban J connectivity index is 2.01. The lowest BCUT2D eigenvalue weighted by molar-refractivity contribution is 1.09. The lowest BCUT2D eigenvalue weighted by Crippen LogP contribution is -2.01. The summed E-state index contributed by atoms with van der Waals surface area (Å²) in [5, 5.41) is 11.1. The molecule has 0 amide bonds. The van der Waals surface area contributed by atoms with Gasteiger partial charge in [0, 0.05) is 11.3 Å². The van der Waals surface area contributed by atoms with Crippen molar-refractivity contribution in [2.45, 2.75) is 6.92 Å². The van der Waals surface area contributed by atoms with Crippen LogP contribution in [0.2, 0.25) is 0 Å². The van der Waals surface area contributed by atoms with E-state index in [1.807, 2.05) is 55.5 Å². The number of hydrogen-bond donors (Lipinski definition) is 3. The number of anilines is 2. The molecule has 6 heteroatoms. The van der Waals surface area contributed by atoms with Crippen molar-refractivity contribution >= 4 is 22.7 Å². The van der Waals surface area contributed by atoms with E-state index in [1.165, 1.54) is 0 Å². The van der Waals surface area contributed by atoms with Gasteiger partial charge in [-0.25, -0.2) is 9.97 Å². The van der Waals surface area contributed by atoms with Crippen molar-refractivity contribution in [1.82, 2.24) is 20.2 Å². The zero-order valence-corrected chi connectivity index (χ0v) is 13.3. The van der Waals surface area contributed by atoms with Crippen LogP contribution < -0.4 is 11.1 Å². The Morgan fingerprint density at radius 1 is 1.25 bits per heavy atom. The van der Waals surface area contributed by atoms with Gasteiger partial charge < -0.3 is 11.1 Å². The van der Waals surface area contributed by atoms with E-state index in [1.54, 1.807) is 6.08 Å². The molecule has 0 unspecified atom stereocenters. The van der Waals surface area contributed by atoms with Crippen LogP contribution in [0.4, 0.5) is 11.6 Å². The van der Waals surface area contributed by atoms with Crippen LogP contribution in [-0.2, 0) is 0 Å². The van der Waals surface area contributed by atoms with Gasteiger partial charge in [-0.15, -0.1) is 0 Å². The normalized spacial score (nSPS) is 12.0. The van der Waals surface area contributed by atoms with Gasteiger partial charge in [-0.2, -0.15) is 5.10 Å². The molecule has 0 fully saturated rings. The minimum Gasteiger partial charge on any atom is -0.383 e. The Kier molecular flexibility index (Phi) is 4.38. The number of aromatic amines is 1. The molecule has 2 heterocycles. The molecule has 0 aliphatic rings. The second-order valence-electron chi connectivity index (χ2n) is 5.06. The Morgan fingerprint density at radius 2 is 2.04 bits per heavy atom. The highest BCUT2D eigenvalue weighted by atomic mass is 15.2. The number of H-pyrrole nitrogens is 1. The standard InChI is InChI=1S/C18H18N6/c1-3-5-11-13(4-2)20-17-14-15(19)21-16(22-18(14)24-23-17)12-9-7-6-8-10-12/h3-11H,1H2,2H3,(H4,19,20,21,22,23,24)/b11-5-,13-4+. The maximum atomic E-state index is 6.15. The first-order chi connectivity index (χ1) is 11.7. The maximum Gasteiger partial charge on any atom is 0.188 e. The third-order valence-corrected chi connectivity index (χ3v) is 3.47. The molecule has 0 atom stereocenters. The van der Waals surface area contributed by atoms with Crippen LogP contribution >= 0.6 is 0 Å². The molecular formula is C18H18N6. The summed E-state index contributed by atoms with van der Waals surface area (Å²) in [7, 11) is 0. The van der Waals surface area contributed by atoms with E-state index in [2.05, 4.69) is 32.1 Å². The molecule has 0 spiro atoms. The van der Waals surface area contributed by atoms with Crippen LogP contribution in [0.3, 0.4) is 0 Å². The van der Waals surface area contributed by atoms with Gasteiger partial charge in [-0.3, -0.25) is 5.10 Å². The highest BCUT2D eigenvalue weighted by Crippen LogP contribution is 2.27. The van der Waals surface area contributed by atoms with Crippen molar-refractivity contribution in [3.8, 4) is 11.4 Å². The number of rotatable bonds is 5. The van der Waals surface area contributed by atoms with Gasteiger partial charge >= 0.3 is 0 Å². The van der Waals surface area contributed by atoms with Crippen LogP contribution in [0, 0.1) is 0 Å². The minimum absolute atomic E-state index is 0.373. The molecule has 0 saturated heterocycles. The first-order valence-electron chi connectivity index (χ1n) is 7.52. The summed E-state index contributed by atoms with van der Waals surface area (Å²) in [6.45, 7) is 5.60. The Hall–Kier alpha value is -3.41. The Labute approximate surface area is 139 Å². The molecule has 4 N–H and O–H groups in total. The van der Waals surface area contributed by atoms with Gasteiger partial charge in [-0.05, 0) is 13.0 Å². The van der Waals surface area contributed by atoms with Crippen LogP contribution in [0.25, 0.3) is 22.4 Å². The van der Waals surface area contributed by atoms with Crippen molar-refractivity contribution in [2.75, 3.05) is 11.1 Å². The zero-order chi connectivity index (χ0) is 16.9. The van der Waals surface area contributed by atoms with Gasteiger partial charge in [0.05, 0.1) is 0 Å². The summed E-state index contributed by atoms with van der Waals surface area (Å²) in [6, 6.07) is 9.67. The molecule has 3 rings (SSSR count). The van der Waals surface area contributed by atoms with E-state index < -0.39 is 0 Å². The molecular weight excluding hydrogens is 300 g/mol. The number of benzene rings is 1. The fourth-order valence-electron chi connectivity index (χ4n) is 2.28. The number of hydrogen-bond acceptors (Lipinski definition) is 5. The largest absolute Gasteiger partial charge is 0.383 e. The van der Waals surface area contributed by atoms with Crippen molar-refractivity contribution < 1.29 is 0 Å². The molecule has 6 nitrogen and oxygen atoms in total. The lowest BCUT2D eigenvalue weighted by atomic mass is 10.2. The van der Waals surface area contributed by atoms with E-state index in [0.717, 1.165) is 11.3 Å². The van der Waals surface area contributed by atoms with Crippen molar-refractivity contribution in [2.24, 2.45) is 0 Å². The van der Waals surface area contributed by atoms with E-state index >= 15 is 0 Å². The number of nitrogens with two attached hydrogens (primary N) is 1.